The molecule has 0 aliphatic rings. The van der Waals surface area contributed by atoms with Gasteiger partial charge in [0.05, 0.1) is 5.02 Å². The molecule has 23 heavy (non-hydrogen) atoms. The molecule has 1 atom stereocenters. The molecule has 2 aromatic rings. The number of carbonyl (C=O) groups excluding carboxylic acids is 2. The lowest BCUT2D eigenvalue weighted by Gasteiger charge is -2.13. The molecule has 0 saturated heterocycles. The number of para-hydroxylation sites is 1. The number of hydrogen-bond donors (Lipinski definition) is 2. The van der Waals surface area contributed by atoms with Crippen LogP contribution in [-0.2, 0) is 9.59 Å². The van der Waals surface area contributed by atoms with E-state index in [9.17, 15) is 9.59 Å². The van der Waals surface area contributed by atoms with Gasteiger partial charge in [-0.3, -0.25) is 9.59 Å². The van der Waals surface area contributed by atoms with E-state index in [-0.39, 0.29) is 11.8 Å². The Balaban J connectivity index is 1.98. The zero-order valence-electron chi connectivity index (χ0n) is 12.8. The van der Waals surface area contributed by atoms with Gasteiger partial charge < -0.3 is 15.4 Å². The Kier molecular flexibility index (Phi) is 5.60. The Morgan fingerprint density at radius 2 is 1.74 bits per heavy atom. The lowest BCUT2D eigenvalue weighted by Crippen LogP contribution is -2.40. The van der Waals surface area contributed by atoms with Crippen LogP contribution in [0.25, 0.3) is 0 Å². The average molecular weight is 333 g/mol. The molecule has 2 aromatic carbocycles. The van der Waals surface area contributed by atoms with E-state index in [1.54, 1.807) is 43.3 Å². The zero-order valence-corrected chi connectivity index (χ0v) is 13.6. The summed E-state index contributed by atoms with van der Waals surface area (Å²) in [6, 6.07) is 13.4. The largest absolute Gasteiger partial charge is 0.456 e. The van der Waals surface area contributed by atoms with E-state index in [0.29, 0.717) is 22.2 Å². The van der Waals surface area contributed by atoms with Crippen LogP contribution in [0.1, 0.15) is 13.8 Å². The van der Waals surface area contributed by atoms with Gasteiger partial charge in [0.1, 0.15) is 17.5 Å². The van der Waals surface area contributed by atoms with Gasteiger partial charge in [0.2, 0.25) is 11.8 Å². The molecule has 0 aromatic heterocycles. The fourth-order valence-electron chi connectivity index (χ4n) is 1.88. The number of nitrogens with one attached hydrogen (secondary N) is 2. The fourth-order valence-corrected chi connectivity index (χ4v) is 2.06. The van der Waals surface area contributed by atoms with Gasteiger partial charge in [0.25, 0.3) is 0 Å². The first-order valence-electron chi connectivity index (χ1n) is 7.06. The van der Waals surface area contributed by atoms with Crippen LogP contribution in [0.5, 0.6) is 11.5 Å². The van der Waals surface area contributed by atoms with Crippen LogP contribution < -0.4 is 15.4 Å². The summed E-state index contributed by atoms with van der Waals surface area (Å²) in [4.78, 5) is 22.8. The molecule has 0 aliphatic carbocycles. The smallest absolute Gasteiger partial charge is 0.246 e. The SMILES string of the molecule is CC(=O)NC(C)C(=O)Nc1ccc(Oc2ccccc2Cl)cc1. The third kappa shape index (κ3) is 5.00. The minimum Gasteiger partial charge on any atom is -0.456 e. The molecule has 2 N–H and O–H groups in total. The Morgan fingerprint density at radius 3 is 2.35 bits per heavy atom. The van der Waals surface area contributed by atoms with E-state index in [0.717, 1.165) is 0 Å². The summed E-state index contributed by atoms with van der Waals surface area (Å²) < 4.78 is 5.67. The molecule has 0 fully saturated rings. The molecule has 0 aliphatic heterocycles. The van der Waals surface area contributed by atoms with E-state index in [4.69, 9.17) is 16.3 Å². The van der Waals surface area contributed by atoms with Gasteiger partial charge in [0, 0.05) is 12.6 Å². The molecule has 0 saturated carbocycles. The van der Waals surface area contributed by atoms with Crippen molar-refractivity contribution in [3.63, 3.8) is 0 Å². The highest BCUT2D eigenvalue weighted by molar-refractivity contribution is 6.32. The first-order chi connectivity index (χ1) is 11.0. The third-order valence-corrected chi connectivity index (χ3v) is 3.31. The maximum atomic E-state index is 11.9. The maximum absolute atomic E-state index is 11.9. The van der Waals surface area contributed by atoms with Crippen LogP contribution >= 0.6 is 11.6 Å². The van der Waals surface area contributed by atoms with Gasteiger partial charge in [-0.2, -0.15) is 0 Å². The van der Waals surface area contributed by atoms with Crippen molar-refractivity contribution in [2.45, 2.75) is 19.9 Å². The van der Waals surface area contributed by atoms with Crippen molar-refractivity contribution in [3.05, 3.63) is 53.6 Å². The van der Waals surface area contributed by atoms with Crippen LogP contribution in [0.4, 0.5) is 5.69 Å². The summed E-state index contributed by atoms with van der Waals surface area (Å²) in [7, 11) is 0. The second-order valence-corrected chi connectivity index (χ2v) is 5.38. The number of halogens is 1. The van der Waals surface area contributed by atoms with Gasteiger partial charge in [-0.25, -0.2) is 0 Å². The monoisotopic (exact) mass is 332 g/mol. The molecule has 5 nitrogen and oxygen atoms in total. The number of rotatable bonds is 5. The summed E-state index contributed by atoms with van der Waals surface area (Å²) in [5.74, 6) is 0.618. The summed E-state index contributed by atoms with van der Waals surface area (Å²) in [5.41, 5.74) is 0.610. The molecule has 0 heterocycles. The molecule has 0 bridgehead atoms. The summed E-state index contributed by atoms with van der Waals surface area (Å²) in [5, 5.41) is 5.76. The number of ether oxygens (including phenoxy) is 1. The van der Waals surface area contributed by atoms with Crippen molar-refractivity contribution < 1.29 is 14.3 Å². The van der Waals surface area contributed by atoms with Gasteiger partial charge in [-0.05, 0) is 43.3 Å². The highest BCUT2D eigenvalue weighted by atomic mass is 35.5. The number of carbonyl (C=O) groups is 2. The minimum atomic E-state index is -0.605. The normalized spacial score (nSPS) is 11.4. The summed E-state index contributed by atoms with van der Waals surface area (Å²) >= 11 is 6.03. The van der Waals surface area contributed by atoms with E-state index in [1.807, 2.05) is 12.1 Å². The third-order valence-electron chi connectivity index (χ3n) is 3.00. The Labute approximate surface area is 139 Å². The van der Waals surface area contributed by atoms with E-state index >= 15 is 0 Å². The van der Waals surface area contributed by atoms with E-state index in [1.165, 1.54) is 6.92 Å². The summed E-state index contributed by atoms with van der Waals surface area (Å²) in [6.07, 6.45) is 0. The molecule has 0 spiro atoms. The van der Waals surface area contributed by atoms with Crippen LogP contribution in [0, 0.1) is 0 Å². The van der Waals surface area contributed by atoms with Crippen LogP contribution in [0.15, 0.2) is 48.5 Å². The maximum Gasteiger partial charge on any atom is 0.246 e. The molecule has 120 valence electrons. The fraction of sp³-hybridized carbons (Fsp3) is 0.176. The number of benzene rings is 2. The van der Waals surface area contributed by atoms with Crippen molar-refractivity contribution in [2.75, 3.05) is 5.32 Å². The van der Waals surface area contributed by atoms with Crippen LogP contribution in [0.2, 0.25) is 5.02 Å². The molecular weight excluding hydrogens is 316 g/mol. The quantitative estimate of drug-likeness (QED) is 0.879. The van der Waals surface area contributed by atoms with Crippen molar-refractivity contribution in [3.8, 4) is 11.5 Å². The lowest BCUT2D eigenvalue weighted by molar-refractivity contribution is -0.124. The van der Waals surface area contributed by atoms with Gasteiger partial charge >= 0.3 is 0 Å². The van der Waals surface area contributed by atoms with E-state index < -0.39 is 6.04 Å². The molecule has 0 radical (unpaired) electrons. The molecule has 1 unspecified atom stereocenters. The summed E-state index contributed by atoms with van der Waals surface area (Å²) in [6.45, 7) is 2.98. The van der Waals surface area contributed by atoms with E-state index in [2.05, 4.69) is 10.6 Å². The van der Waals surface area contributed by atoms with Crippen molar-refractivity contribution in [2.24, 2.45) is 0 Å². The highest BCUT2D eigenvalue weighted by Crippen LogP contribution is 2.29. The predicted octanol–water partition coefficient (Wildman–Crippen LogP) is 3.60. The first kappa shape index (κ1) is 16.8. The van der Waals surface area contributed by atoms with Gasteiger partial charge in [-0.1, -0.05) is 23.7 Å². The Hall–Kier alpha value is -2.53. The zero-order chi connectivity index (χ0) is 16.8. The number of hydrogen-bond acceptors (Lipinski definition) is 3. The Bertz CT molecular complexity index is 701. The molecule has 2 amide bonds. The molecular formula is C17H17ClN2O3. The topological polar surface area (TPSA) is 67.4 Å². The van der Waals surface area contributed by atoms with Gasteiger partial charge in [-0.15, -0.1) is 0 Å². The second-order valence-electron chi connectivity index (χ2n) is 4.97. The van der Waals surface area contributed by atoms with Crippen molar-refractivity contribution in [1.29, 1.82) is 0 Å². The van der Waals surface area contributed by atoms with Crippen molar-refractivity contribution in [1.82, 2.24) is 5.32 Å². The highest BCUT2D eigenvalue weighted by Gasteiger charge is 2.13. The average Bonchev–Trinajstić information content (AvgIpc) is 2.50. The minimum absolute atomic E-state index is 0.254. The molecule has 6 heteroatoms. The van der Waals surface area contributed by atoms with Crippen LogP contribution in [0.3, 0.4) is 0 Å². The molecule has 2 rings (SSSR count). The van der Waals surface area contributed by atoms with Gasteiger partial charge in [0.15, 0.2) is 0 Å². The van der Waals surface area contributed by atoms with Crippen LogP contribution in [-0.4, -0.2) is 17.9 Å². The standard InChI is InChI=1S/C17H17ClN2O3/c1-11(19-12(2)21)17(22)20-13-7-9-14(10-8-13)23-16-6-4-3-5-15(16)18/h3-11H,1-2H3,(H,19,21)(H,20,22). The Morgan fingerprint density at radius 1 is 1.09 bits per heavy atom. The first-order valence-corrected chi connectivity index (χ1v) is 7.44. The number of anilines is 1. The van der Waals surface area contributed by atoms with Crippen molar-refractivity contribution >= 4 is 29.1 Å². The lowest BCUT2D eigenvalue weighted by atomic mass is 10.2. The number of amides is 2. The second kappa shape index (κ2) is 7.65. The predicted molar refractivity (Wildman–Crippen MR) is 89.9 cm³/mol.